The van der Waals surface area contributed by atoms with Crippen molar-refractivity contribution >= 4 is 10.9 Å². The molecule has 1 aromatic carbocycles. The summed E-state index contributed by atoms with van der Waals surface area (Å²) >= 11 is 0. The summed E-state index contributed by atoms with van der Waals surface area (Å²) in [5.74, 6) is 0. The van der Waals surface area contributed by atoms with E-state index in [-0.39, 0.29) is 0 Å². The molecule has 0 radical (unpaired) electrons. The molecule has 0 spiro atoms. The molecule has 3 rings (SSSR count). The molecule has 3 aromatic rings. The minimum absolute atomic E-state index is 0.351. The summed E-state index contributed by atoms with van der Waals surface area (Å²) in [7, 11) is 3.54. The molecule has 0 saturated heterocycles. The molecule has 0 aliphatic rings. The fraction of sp³-hybridized carbons (Fsp3) is 0.389. The normalized spacial score (nSPS) is 12.2. The Balaban J connectivity index is 1.63. The number of aryl methyl sites for hydroxylation is 3. The maximum absolute atomic E-state index is 12.7. The number of nitrogens with zero attached hydrogens (tertiary/aromatic N) is 3. The first-order chi connectivity index (χ1) is 11.8. The smallest absolute Gasteiger partial charge is 0.350 e. The van der Waals surface area contributed by atoms with Gasteiger partial charge in [0.05, 0.1) is 5.69 Å². The number of alkyl halides is 3. The van der Waals surface area contributed by atoms with Gasteiger partial charge in [-0.05, 0) is 43.7 Å². The molecule has 2 heterocycles. The Morgan fingerprint density at radius 2 is 1.92 bits per heavy atom. The van der Waals surface area contributed by atoms with Gasteiger partial charge in [0.2, 0.25) is 0 Å². The lowest BCUT2D eigenvalue weighted by atomic mass is 10.1. The highest BCUT2D eigenvalue weighted by Gasteiger charge is 2.34. The lowest BCUT2D eigenvalue weighted by molar-refractivity contribution is -0.141. The highest BCUT2D eigenvalue weighted by atomic mass is 19.4. The Hall–Kier alpha value is -2.28. The van der Waals surface area contributed by atoms with Crippen molar-refractivity contribution in [3.05, 3.63) is 53.0 Å². The molecule has 1 N–H and O–H groups in total. The van der Waals surface area contributed by atoms with Gasteiger partial charge in [0.15, 0.2) is 5.69 Å². The maximum Gasteiger partial charge on any atom is 0.435 e. The second kappa shape index (κ2) is 6.55. The lowest BCUT2D eigenvalue weighted by Crippen LogP contribution is -2.18. The second-order valence-electron chi connectivity index (χ2n) is 6.35. The van der Waals surface area contributed by atoms with Gasteiger partial charge in [-0.25, -0.2) is 0 Å². The molecule has 0 bridgehead atoms. The van der Waals surface area contributed by atoms with E-state index in [2.05, 4.69) is 46.3 Å². The molecule has 25 heavy (non-hydrogen) atoms. The predicted molar refractivity (Wildman–Crippen MR) is 91.3 cm³/mol. The van der Waals surface area contributed by atoms with Crippen LogP contribution in [0.5, 0.6) is 0 Å². The molecule has 0 saturated carbocycles. The van der Waals surface area contributed by atoms with Crippen LogP contribution in [0, 0.1) is 6.92 Å². The van der Waals surface area contributed by atoms with Crippen molar-refractivity contribution in [2.24, 2.45) is 14.1 Å². The number of halogens is 3. The van der Waals surface area contributed by atoms with Crippen LogP contribution < -0.4 is 5.32 Å². The van der Waals surface area contributed by atoms with E-state index >= 15 is 0 Å². The minimum Gasteiger partial charge on any atom is -0.350 e. The third kappa shape index (κ3) is 3.71. The number of hydrogen-bond acceptors (Lipinski definition) is 2. The van der Waals surface area contributed by atoms with E-state index in [1.807, 2.05) is 7.05 Å². The zero-order valence-corrected chi connectivity index (χ0v) is 14.5. The van der Waals surface area contributed by atoms with Gasteiger partial charge in [-0.3, -0.25) is 4.68 Å². The summed E-state index contributed by atoms with van der Waals surface area (Å²) in [6.07, 6.45) is -1.49. The third-order valence-electron chi connectivity index (χ3n) is 4.37. The Kier molecular flexibility index (Phi) is 4.60. The van der Waals surface area contributed by atoms with E-state index in [1.54, 1.807) is 0 Å². The van der Waals surface area contributed by atoms with Gasteiger partial charge in [-0.15, -0.1) is 0 Å². The van der Waals surface area contributed by atoms with Crippen LogP contribution in [-0.2, 0) is 33.2 Å². The van der Waals surface area contributed by atoms with Crippen molar-refractivity contribution in [2.75, 3.05) is 6.54 Å². The molecule has 7 heteroatoms. The van der Waals surface area contributed by atoms with Gasteiger partial charge in [0.1, 0.15) is 0 Å². The molecule has 0 amide bonds. The number of rotatable bonds is 5. The van der Waals surface area contributed by atoms with Gasteiger partial charge in [-0.2, -0.15) is 18.3 Å². The molecule has 4 nitrogen and oxygen atoms in total. The van der Waals surface area contributed by atoms with Crippen LogP contribution in [-0.4, -0.2) is 20.9 Å². The van der Waals surface area contributed by atoms with Gasteiger partial charge in [-0.1, -0.05) is 11.6 Å². The maximum atomic E-state index is 12.7. The van der Waals surface area contributed by atoms with Crippen LogP contribution in [0.3, 0.4) is 0 Å². The van der Waals surface area contributed by atoms with Crippen molar-refractivity contribution in [3.63, 3.8) is 0 Å². The molecule has 0 fully saturated rings. The van der Waals surface area contributed by atoms with Gasteiger partial charge in [0, 0.05) is 37.7 Å². The molecular formula is C18H21F3N4. The van der Waals surface area contributed by atoms with Crippen molar-refractivity contribution in [3.8, 4) is 0 Å². The number of hydrogen-bond donors (Lipinski definition) is 1. The average molecular weight is 350 g/mol. The summed E-state index contributed by atoms with van der Waals surface area (Å²) in [6, 6.07) is 7.45. The van der Waals surface area contributed by atoms with Crippen LogP contribution in [0.15, 0.2) is 30.5 Å². The standard InChI is InChI=1S/C18H21F3N4/c1-12-4-5-16-15(8-12)13(11-24(16)2)6-7-22-10-14-9-17(18(19,20)21)23-25(14)3/h4-5,8-9,11,22H,6-7,10H2,1-3H3. The summed E-state index contributed by atoms with van der Waals surface area (Å²) in [5.41, 5.74) is 3.29. The topological polar surface area (TPSA) is 34.8 Å². The Bertz CT molecular complexity index is 890. The van der Waals surface area contributed by atoms with Gasteiger partial charge in [0.25, 0.3) is 0 Å². The van der Waals surface area contributed by atoms with Crippen LogP contribution in [0.4, 0.5) is 13.2 Å². The second-order valence-corrected chi connectivity index (χ2v) is 6.35. The van der Waals surface area contributed by atoms with Gasteiger partial charge < -0.3 is 9.88 Å². The molecule has 2 aromatic heterocycles. The van der Waals surface area contributed by atoms with E-state index in [0.717, 1.165) is 12.5 Å². The average Bonchev–Trinajstić information content (AvgIpc) is 3.04. The summed E-state index contributed by atoms with van der Waals surface area (Å²) in [5, 5.41) is 7.95. The highest BCUT2D eigenvalue weighted by molar-refractivity contribution is 5.84. The number of benzene rings is 1. The van der Waals surface area contributed by atoms with Crippen molar-refractivity contribution < 1.29 is 13.2 Å². The molecule has 0 atom stereocenters. The Morgan fingerprint density at radius 3 is 2.60 bits per heavy atom. The van der Waals surface area contributed by atoms with E-state index in [0.29, 0.717) is 18.8 Å². The van der Waals surface area contributed by atoms with Crippen LogP contribution in [0.25, 0.3) is 10.9 Å². The van der Waals surface area contributed by atoms with Crippen molar-refractivity contribution in [1.29, 1.82) is 0 Å². The van der Waals surface area contributed by atoms with E-state index in [1.165, 1.54) is 33.8 Å². The first-order valence-corrected chi connectivity index (χ1v) is 8.11. The zero-order chi connectivity index (χ0) is 18.2. The van der Waals surface area contributed by atoms with Crippen molar-refractivity contribution in [1.82, 2.24) is 19.7 Å². The predicted octanol–water partition coefficient (Wildman–Crippen LogP) is 3.57. The SMILES string of the molecule is Cc1ccc2c(c1)c(CCNCc1cc(C(F)(F)F)nn1C)cn2C. The zero-order valence-electron chi connectivity index (χ0n) is 14.5. The molecule has 0 unspecified atom stereocenters. The third-order valence-corrected chi connectivity index (χ3v) is 4.37. The number of aromatic nitrogens is 3. The molecule has 0 aliphatic heterocycles. The highest BCUT2D eigenvalue weighted by Crippen LogP contribution is 2.28. The fourth-order valence-corrected chi connectivity index (χ4v) is 3.04. The quantitative estimate of drug-likeness (QED) is 0.714. The number of nitrogens with one attached hydrogen (secondary N) is 1. The van der Waals surface area contributed by atoms with E-state index < -0.39 is 11.9 Å². The minimum atomic E-state index is -4.41. The monoisotopic (exact) mass is 350 g/mol. The van der Waals surface area contributed by atoms with Gasteiger partial charge >= 0.3 is 6.18 Å². The Morgan fingerprint density at radius 1 is 1.16 bits per heavy atom. The summed E-state index contributed by atoms with van der Waals surface area (Å²) in [4.78, 5) is 0. The van der Waals surface area contributed by atoms with Crippen LogP contribution >= 0.6 is 0 Å². The van der Waals surface area contributed by atoms with Crippen LogP contribution in [0.2, 0.25) is 0 Å². The lowest BCUT2D eigenvalue weighted by Gasteiger charge is -2.05. The molecular weight excluding hydrogens is 329 g/mol. The Labute approximate surface area is 144 Å². The van der Waals surface area contributed by atoms with Crippen LogP contribution in [0.1, 0.15) is 22.5 Å². The summed E-state index contributed by atoms with van der Waals surface area (Å²) in [6.45, 7) is 3.10. The fourth-order valence-electron chi connectivity index (χ4n) is 3.04. The first-order valence-electron chi connectivity index (χ1n) is 8.11. The molecule has 134 valence electrons. The van der Waals surface area contributed by atoms with E-state index in [9.17, 15) is 13.2 Å². The number of fused-ring (bicyclic) bond motifs is 1. The van der Waals surface area contributed by atoms with Crippen molar-refractivity contribution in [2.45, 2.75) is 26.1 Å². The summed E-state index contributed by atoms with van der Waals surface area (Å²) < 4.78 is 41.4. The first kappa shape index (κ1) is 17.5. The van der Waals surface area contributed by atoms with E-state index in [4.69, 9.17) is 0 Å². The largest absolute Gasteiger partial charge is 0.435 e. The molecule has 0 aliphatic carbocycles.